The molecule has 2 heteroatoms. The van der Waals surface area contributed by atoms with Gasteiger partial charge in [-0.3, -0.25) is 0 Å². The third kappa shape index (κ3) is 2.05. The third-order valence-electron chi connectivity index (χ3n) is 3.78. The largest absolute Gasteiger partial charge is 0.192 e. The molecule has 19 heavy (non-hydrogen) atoms. The number of benzene rings is 2. The van der Waals surface area contributed by atoms with E-state index in [0.717, 1.165) is 23.3 Å². The standard InChI is InChI=1S/C17H15NS/c1-19-17-10-15(12-6-3-2-4-7-12)13-8-5-9-14(13)16(17)11-18/h2-4,6-7,10H,5,8-9H2,1H3. The van der Waals surface area contributed by atoms with E-state index in [0.29, 0.717) is 0 Å². The van der Waals surface area contributed by atoms with Gasteiger partial charge in [-0.1, -0.05) is 30.3 Å². The van der Waals surface area contributed by atoms with E-state index in [1.165, 1.54) is 28.7 Å². The molecule has 0 aliphatic heterocycles. The van der Waals surface area contributed by atoms with Gasteiger partial charge in [0.2, 0.25) is 0 Å². The average molecular weight is 265 g/mol. The van der Waals surface area contributed by atoms with Crippen LogP contribution in [0.5, 0.6) is 0 Å². The Morgan fingerprint density at radius 3 is 2.53 bits per heavy atom. The van der Waals surface area contributed by atoms with E-state index in [1.807, 2.05) is 12.3 Å². The summed E-state index contributed by atoms with van der Waals surface area (Å²) < 4.78 is 0. The van der Waals surface area contributed by atoms with E-state index < -0.39 is 0 Å². The average Bonchev–Trinajstić information content (AvgIpc) is 2.95. The summed E-state index contributed by atoms with van der Waals surface area (Å²) in [5, 5.41) is 9.41. The van der Waals surface area contributed by atoms with Crippen LogP contribution in [0.15, 0.2) is 41.3 Å². The van der Waals surface area contributed by atoms with Gasteiger partial charge in [-0.2, -0.15) is 5.26 Å². The Hall–Kier alpha value is -1.72. The minimum absolute atomic E-state index is 0.902. The van der Waals surface area contributed by atoms with Crippen LogP contribution in [0.4, 0.5) is 0 Å². The smallest absolute Gasteiger partial charge is 0.101 e. The molecule has 2 aromatic carbocycles. The molecule has 2 aromatic rings. The zero-order valence-corrected chi connectivity index (χ0v) is 11.8. The zero-order valence-electron chi connectivity index (χ0n) is 10.9. The van der Waals surface area contributed by atoms with Crippen molar-refractivity contribution in [3.05, 3.63) is 53.1 Å². The van der Waals surface area contributed by atoms with Crippen LogP contribution >= 0.6 is 11.8 Å². The maximum absolute atomic E-state index is 9.41. The number of rotatable bonds is 2. The molecule has 0 bridgehead atoms. The molecular formula is C17H15NS. The van der Waals surface area contributed by atoms with Gasteiger partial charge in [0.25, 0.3) is 0 Å². The molecule has 0 amide bonds. The molecule has 0 saturated carbocycles. The second-order valence-electron chi connectivity index (χ2n) is 4.79. The third-order valence-corrected chi connectivity index (χ3v) is 4.54. The van der Waals surface area contributed by atoms with Crippen LogP contribution in [0.2, 0.25) is 0 Å². The zero-order chi connectivity index (χ0) is 13.2. The molecule has 1 aliphatic rings. The van der Waals surface area contributed by atoms with E-state index in [9.17, 15) is 5.26 Å². The van der Waals surface area contributed by atoms with Gasteiger partial charge in [-0.05, 0) is 53.8 Å². The molecule has 0 aromatic heterocycles. The lowest BCUT2D eigenvalue weighted by Crippen LogP contribution is -1.95. The molecule has 0 spiro atoms. The highest BCUT2D eigenvalue weighted by Crippen LogP contribution is 2.39. The molecule has 0 radical (unpaired) electrons. The molecule has 3 rings (SSSR count). The Balaban J connectivity index is 2.28. The van der Waals surface area contributed by atoms with Gasteiger partial charge in [0, 0.05) is 4.90 Å². The monoisotopic (exact) mass is 265 g/mol. The minimum Gasteiger partial charge on any atom is -0.192 e. The summed E-state index contributed by atoms with van der Waals surface area (Å²) in [7, 11) is 0. The Morgan fingerprint density at radius 2 is 1.84 bits per heavy atom. The fourth-order valence-electron chi connectivity index (χ4n) is 2.91. The molecule has 1 nitrogen and oxygen atoms in total. The van der Waals surface area contributed by atoms with Gasteiger partial charge >= 0.3 is 0 Å². The van der Waals surface area contributed by atoms with Gasteiger partial charge in [-0.25, -0.2) is 0 Å². The van der Waals surface area contributed by atoms with E-state index in [-0.39, 0.29) is 0 Å². The van der Waals surface area contributed by atoms with E-state index >= 15 is 0 Å². The first kappa shape index (κ1) is 12.3. The summed E-state index contributed by atoms with van der Waals surface area (Å²) in [6.45, 7) is 0. The normalized spacial score (nSPS) is 13.1. The van der Waals surface area contributed by atoms with E-state index in [4.69, 9.17) is 0 Å². The number of hydrogen-bond acceptors (Lipinski definition) is 2. The Kier molecular flexibility index (Phi) is 3.31. The van der Waals surface area contributed by atoms with Crippen molar-refractivity contribution in [1.82, 2.24) is 0 Å². The topological polar surface area (TPSA) is 23.8 Å². The summed E-state index contributed by atoms with van der Waals surface area (Å²) in [5.74, 6) is 0. The highest BCUT2D eigenvalue weighted by atomic mass is 32.2. The molecule has 0 atom stereocenters. The predicted octanol–water partition coefficient (Wildman–Crippen LogP) is 4.44. The lowest BCUT2D eigenvalue weighted by Gasteiger charge is -2.13. The first-order valence-electron chi connectivity index (χ1n) is 6.53. The lowest BCUT2D eigenvalue weighted by molar-refractivity contribution is 0.910. The molecule has 0 fully saturated rings. The van der Waals surface area contributed by atoms with Crippen LogP contribution in [0.25, 0.3) is 11.1 Å². The molecule has 94 valence electrons. The van der Waals surface area contributed by atoms with Crippen LogP contribution in [0.3, 0.4) is 0 Å². The van der Waals surface area contributed by atoms with Crippen LogP contribution in [-0.4, -0.2) is 6.26 Å². The number of fused-ring (bicyclic) bond motifs is 1. The summed E-state index contributed by atoms with van der Waals surface area (Å²) in [6.07, 6.45) is 5.36. The van der Waals surface area contributed by atoms with Gasteiger partial charge in [0.15, 0.2) is 0 Å². The number of hydrogen-bond donors (Lipinski definition) is 0. The second kappa shape index (κ2) is 5.11. The summed E-state index contributed by atoms with van der Waals surface area (Å²) in [5.41, 5.74) is 6.16. The Morgan fingerprint density at radius 1 is 1.11 bits per heavy atom. The van der Waals surface area contributed by atoms with Gasteiger partial charge in [0.05, 0.1) is 5.56 Å². The van der Waals surface area contributed by atoms with Crippen molar-refractivity contribution in [2.45, 2.75) is 24.2 Å². The molecule has 0 unspecified atom stereocenters. The fourth-order valence-corrected chi connectivity index (χ4v) is 3.52. The van der Waals surface area contributed by atoms with Crippen LogP contribution in [0.1, 0.15) is 23.1 Å². The second-order valence-corrected chi connectivity index (χ2v) is 5.64. The van der Waals surface area contributed by atoms with Crippen molar-refractivity contribution in [1.29, 1.82) is 5.26 Å². The first-order chi connectivity index (χ1) is 9.35. The Bertz CT molecular complexity index is 653. The molecule has 0 heterocycles. The maximum Gasteiger partial charge on any atom is 0.101 e. The van der Waals surface area contributed by atoms with Crippen LogP contribution in [0, 0.1) is 11.3 Å². The molecule has 0 N–H and O–H groups in total. The van der Waals surface area contributed by atoms with Crippen LogP contribution < -0.4 is 0 Å². The SMILES string of the molecule is CSc1cc(-c2ccccc2)c2c(c1C#N)CCC2. The number of thioether (sulfide) groups is 1. The predicted molar refractivity (Wildman–Crippen MR) is 80.4 cm³/mol. The van der Waals surface area contributed by atoms with Crippen molar-refractivity contribution < 1.29 is 0 Å². The molecular weight excluding hydrogens is 250 g/mol. The molecule has 1 aliphatic carbocycles. The highest BCUT2D eigenvalue weighted by Gasteiger charge is 2.22. The summed E-state index contributed by atoms with van der Waals surface area (Å²) in [6, 6.07) is 15.1. The molecule has 0 saturated heterocycles. The van der Waals surface area contributed by atoms with Crippen molar-refractivity contribution in [2.75, 3.05) is 6.26 Å². The maximum atomic E-state index is 9.41. The van der Waals surface area contributed by atoms with Gasteiger partial charge in [-0.15, -0.1) is 11.8 Å². The minimum atomic E-state index is 0.902. The van der Waals surface area contributed by atoms with E-state index in [1.54, 1.807) is 11.8 Å². The van der Waals surface area contributed by atoms with Gasteiger partial charge < -0.3 is 0 Å². The van der Waals surface area contributed by atoms with Crippen LogP contribution in [-0.2, 0) is 12.8 Å². The quantitative estimate of drug-likeness (QED) is 0.750. The van der Waals surface area contributed by atoms with Gasteiger partial charge in [0.1, 0.15) is 6.07 Å². The van der Waals surface area contributed by atoms with Crippen molar-refractivity contribution >= 4 is 11.8 Å². The van der Waals surface area contributed by atoms with Crippen molar-refractivity contribution in [2.24, 2.45) is 0 Å². The highest BCUT2D eigenvalue weighted by molar-refractivity contribution is 7.98. The summed E-state index contributed by atoms with van der Waals surface area (Å²) >= 11 is 1.67. The van der Waals surface area contributed by atoms with Crippen molar-refractivity contribution in [3.63, 3.8) is 0 Å². The first-order valence-corrected chi connectivity index (χ1v) is 7.76. The Labute approximate surface area is 118 Å². The van der Waals surface area contributed by atoms with Crippen molar-refractivity contribution in [3.8, 4) is 17.2 Å². The van der Waals surface area contributed by atoms with E-state index in [2.05, 4.69) is 36.4 Å². The number of nitrogens with zero attached hydrogens (tertiary/aromatic N) is 1. The fraction of sp³-hybridized carbons (Fsp3) is 0.235. The lowest BCUT2D eigenvalue weighted by atomic mass is 9.94. The summed E-state index contributed by atoms with van der Waals surface area (Å²) in [4.78, 5) is 1.11. The number of nitriles is 1.